The van der Waals surface area contributed by atoms with E-state index in [4.69, 9.17) is 5.26 Å². The highest BCUT2D eigenvalue weighted by Crippen LogP contribution is 2.15. The van der Waals surface area contributed by atoms with Crippen LogP contribution < -0.4 is 5.32 Å². The van der Waals surface area contributed by atoms with Gasteiger partial charge in [-0.3, -0.25) is 9.69 Å². The van der Waals surface area contributed by atoms with E-state index in [9.17, 15) is 9.18 Å². The third kappa shape index (κ3) is 4.15. The summed E-state index contributed by atoms with van der Waals surface area (Å²) in [5, 5.41) is 11.8. The summed E-state index contributed by atoms with van der Waals surface area (Å²) < 4.78 is 13.7. The summed E-state index contributed by atoms with van der Waals surface area (Å²) in [4.78, 5) is 14.1. The molecule has 23 heavy (non-hydrogen) atoms. The molecular formula is C18H18FN3O. The van der Waals surface area contributed by atoms with Gasteiger partial charge in [0.2, 0.25) is 5.91 Å². The predicted molar refractivity (Wildman–Crippen MR) is 87.1 cm³/mol. The van der Waals surface area contributed by atoms with Crippen LogP contribution in [0.25, 0.3) is 0 Å². The lowest BCUT2D eigenvalue weighted by molar-refractivity contribution is -0.120. The van der Waals surface area contributed by atoms with Gasteiger partial charge in [0, 0.05) is 12.1 Å². The largest absolute Gasteiger partial charge is 0.324 e. The van der Waals surface area contributed by atoms with Gasteiger partial charge in [0.15, 0.2) is 0 Å². The monoisotopic (exact) mass is 311 g/mol. The Balaban J connectivity index is 2.04. The summed E-state index contributed by atoms with van der Waals surface area (Å²) in [6.07, 6.45) is 0. The Kier molecular flexibility index (Phi) is 5.45. The first-order chi connectivity index (χ1) is 11.0. The Bertz CT molecular complexity index is 739. The van der Waals surface area contributed by atoms with Crippen LogP contribution >= 0.6 is 0 Å². The number of hydrogen-bond donors (Lipinski definition) is 1. The van der Waals surface area contributed by atoms with Crippen LogP contribution in [0.15, 0.2) is 48.5 Å². The highest BCUT2D eigenvalue weighted by atomic mass is 19.1. The molecule has 2 rings (SSSR count). The van der Waals surface area contributed by atoms with Crippen molar-refractivity contribution in [1.82, 2.24) is 4.90 Å². The van der Waals surface area contributed by atoms with E-state index in [0.29, 0.717) is 23.4 Å². The van der Waals surface area contributed by atoms with Crippen molar-refractivity contribution in [2.45, 2.75) is 19.5 Å². The van der Waals surface area contributed by atoms with E-state index in [1.165, 1.54) is 6.07 Å². The molecule has 0 spiro atoms. The molecule has 0 aliphatic rings. The first-order valence-electron chi connectivity index (χ1n) is 7.26. The maximum Gasteiger partial charge on any atom is 0.241 e. The fourth-order valence-electron chi connectivity index (χ4n) is 2.16. The first kappa shape index (κ1) is 16.7. The third-order valence-corrected chi connectivity index (χ3v) is 3.72. The van der Waals surface area contributed by atoms with E-state index in [1.54, 1.807) is 61.3 Å². The fourth-order valence-corrected chi connectivity index (χ4v) is 2.16. The highest BCUT2D eigenvalue weighted by Gasteiger charge is 2.20. The second kappa shape index (κ2) is 7.52. The van der Waals surface area contributed by atoms with Crippen LogP contribution in [-0.4, -0.2) is 23.9 Å². The van der Waals surface area contributed by atoms with Crippen LogP contribution in [0.1, 0.15) is 18.1 Å². The van der Waals surface area contributed by atoms with Crippen LogP contribution in [0.3, 0.4) is 0 Å². The van der Waals surface area contributed by atoms with E-state index in [0.717, 1.165) is 0 Å². The van der Waals surface area contributed by atoms with Crippen LogP contribution in [0.5, 0.6) is 0 Å². The van der Waals surface area contributed by atoms with Crippen molar-refractivity contribution in [3.63, 3.8) is 0 Å². The Morgan fingerprint density at radius 1 is 1.26 bits per heavy atom. The quantitative estimate of drug-likeness (QED) is 0.923. The maximum absolute atomic E-state index is 13.7. The number of para-hydroxylation sites is 1. The minimum atomic E-state index is -0.471. The van der Waals surface area contributed by atoms with Crippen molar-refractivity contribution >= 4 is 11.6 Å². The van der Waals surface area contributed by atoms with Crippen LogP contribution in [0, 0.1) is 17.1 Å². The zero-order valence-electron chi connectivity index (χ0n) is 13.1. The molecule has 0 aliphatic carbocycles. The van der Waals surface area contributed by atoms with Crippen LogP contribution in [0.2, 0.25) is 0 Å². The standard InChI is InChI=1S/C18H18FN3O/c1-13(22(2)12-15-8-3-5-9-16(15)19)18(23)21-17-10-6-4-7-14(17)11-20/h3-10,13H,12H2,1-2H3,(H,21,23)/t13-/m0/s1. The number of nitrogens with one attached hydrogen (secondary N) is 1. The van der Waals surface area contributed by atoms with Crippen molar-refractivity contribution in [1.29, 1.82) is 5.26 Å². The number of nitriles is 1. The number of rotatable bonds is 5. The number of likely N-dealkylation sites (N-methyl/N-ethyl adjacent to an activating group) is 1. The van der Waals surface area contributed by atoms with E-state index in [2.05, 4.69) is 5.32 Å². The molecule has 0 heterocycles. The fraction of sp³-hybridized carbons (Fsp3) is 0.222. The van der Waals surface area contributed by atoms with Gasteiger partial charge in [-0.1, -0.05) is 30.3 Å². The normalized spacial score (nSPS) is 11.8. The minimum Gasteiger partial charge on any atom is -0.324 e. The molecule has 0 unspecified atom stereocenters. The number of nitrogens with zero attached hydrogens (tertiary/aromatic N) is 2. The van der Waals surface area contributed by atoms with E-state index >= 15 is 0 Å². The van der Waals surface area contributed by atoms with Gasteiger partial charge in [-0.05, 0) is 32.2 Å². The molecule has 0 radical (unpaired) electrons. The summed E-state index contributed by atoms with van der Waals surface area (Å²) in [6.45, 7) is 2.06. The second-order valence-electron chi connectivity index (χ2n) is 5.33. The molecular weight excluding hydrogens is 293 g/mol. The molecule has 1 N–H and O–H groups in total. The Morgan fingerprint density at radius 2 is 1.91 bits per heavy atom. The van der Waals surface area contributed by atoms with Crippen molar-refractivity contribution < 1.29 is 9.18 Å². The van der Waals surface area contributed by atoms with Gasteiger partial charge in [-0.2, -0.15) is 5.26 Å². The number of anilines is 1. The first-order valence-corrected chi connectivity index (χ1v) is 7.26. The van der Waals surface area contributed by atoms with E-state index < -0.39 is 6.04 Å². The van der Waals surface area contributed by atoms with Gasteiger partial charge in [0.1, 0.15) is 11.9 Å². The summed E-state index contributed by atoms with van der Waals surface area (Å²) in [5.41, 5.74) is 1.42. The van der Waals surface area contributed by atoms with Crippen molar-refractivity contribution in [3.05, 3.63) is 65.5 Å². The van der Waals surface area contributed by atoms with Crippen molar-refractivity contribution in [2.24, 2.45) is 0 Å². The van der Waals surface area contributed by atoms with Gasteiger partial charge in [0.25, 0.3) is 0 Å². The molecule has 4 nitrogen and oxygen atoms in total. The Labute approximate surface area is 135 Å². The zero-order valence-corrected chi connectivity index (χ0v) is 13.1. The van der Waals surface area contributed by atoms with Crippen LogP contribution in [0.4, 0.5) is 10.1 Å². The lowest BCUT2D eigenvalue weighted by atomic mass is 10.1. The topological polar surface area (TPSA) is 56.1 Å². The zero-order chi connectivity index (χ0) is 16.8. The number of halogens is 1. The summed E-state index contributed by atoms with van der Waals surface area (Å²) in [5.74, 6) is -0.534. The molecule has 0 aromatic heterocycles. The number of carbonyl (C=O) groups excluding carboxylic acids is 1. The summed E-state index contributed by atoms with van der Waals surface area (Å²) in [6, 6.07) is 14.9. The summed E-state index contributed by atoms with van der Waals surface area (Å²) >= 11 is 0. The average Bonchev–Trinajstić information content (AvgIpc) is 2.56. The van der Waals surface area contributed by atoms with Gasteiger partial charge in [-0.25, -0.2) is 4.39 Å². The SMILES string of the molecule is C[C@@H](C(=O)Nc1ccccc1C#N)N(C)Cc1ccccc1F. The molecule has 118 valence electrons. The van der Waals surface area contributed by atoms with Gasteiger partial charge in [-0.15, -0.1) is 0 Å². The molecule has 0 saturated heterocycles. The Hall–Kier alpha value is -2.71. The average molecular weight is 311 g/mol. The molecule has 0 aliphatic heterocycles. The smallest absolute Gasteiger partial charge is 0.241 e. The third-order valence-electron chi connectivity index (χ3n) is 3.72. The molecule has 2 aromatic rings. The lowest BCUT2D eigenvalue weighted by Crippen LogP contribution is -2.39. The summed E-state index contributed by atoms with van der Waals surface area (Å²) in [7, 11) is 1.76. The van der Waals surface area contributed by atoms with Crippen molar-refractivity contribution in [3.8, 4) is 6.07 Å². The number of benzene rings is 2. The second-order valence-corrected chi connectivity index (χ2v) is 5.33. The molecule has 0 fully saturated rings. The lowest BCUT2D eigenvalue weighted by Gasteiger charge is -2.24. The number of amides is 1. The molecule has 1 atom stereocenters. The van der Waals surface area contributed by atoms with E-state index in [-0.39, 0.29) is 11.7 Å². The number of carbonyl (C=O) groups is 1. The molecule has 2 aromatic carbocycles. The molecule has 0 bridgehead atoms. The Morgan fingerprint density at radius 3 is 2.61 bits per heavy atom. The highest BCUT2D eigenvalue weighted by molar-refractivity contribution is 5.95. The van der Waals surface area contributed by atoms with E-state index in [1.807, 2.05) is 6.07 Å². The minimum absolute atomic E-state index is 0.244. The van der Waals surface area contributed by atoms with Gasteiger partial charge >= 0.3 is 0 Å². The number of hydrogen-bond acceptors (Lipinski definition) is 3. The van der Waals surface area contributed by atoms with Crippen molar-refractivity contribution in [2.75, 3.05) is 12.4 Å². The predicted octanol–water partition coefficient (Wildman–Crippen LogP) is 3.16. The maximum atomic E-state index is 13.7. The molecule has 5 heteroatoms. The molecule has 1 amide bonds. The molecule has 0 saturated carbocycles. The van der Waals surface area contributed by atoms with Gasteiger partial charge < -0.3 is 5.32 Å². The van der Waals surface area contributed by atoms with Gasteiger partial charge in [0.05, 0.1) is 17.3 Å². The van der Waals surface area contributed by atoms with Crippen LogP contribution in [-0.2, 0) is 11.3 Å².